The highest BCUT2D eigenvalue weighted by molar-refractivity contribution is 5.92. The Bertz CT molecular complexity index is 1880. The van der Waals surface area contributed by atoms with E-state index in [1.807, 2.05) is 25.1 Å². The van der Waals surface area contributed by atoms with Crippen molar-refractivity contribution in [2.45, 2.75) is 124 Å². The average molecular weight is 895 g/mol. The van der Waals surface area contributed by atoms with Crippen LogP contribution >= 0.6 is 0 Å². The molecule has 0 aliphatic heterocycles. The molecule has 0 unspecified atom stereocenters. The quantitative estimate of drug-likeness (QED) is 0.0261. The molecule has 0 aromatic heterocycles. The maximum Gasteiger partial charge on any atom is 0.333 e. The van der Waals surface area contributed by atoms with Gasteiger partial charge in [0.05, 0.1) is 19.8 Å². The van der Waals surface area contributed by atoms with Gasteiger partial charge in [-0.3, -0.25) is 19.2 Å². The van der Waals surface area contributed by atoms with Gasteiger partial charge < -0.3 is 33.2 Å². The fourth-order valence-electron chi connectivity index (χ4n) is 7.56. The highest BCUT2D eigenvalue weighted by Crippen LogP contribution is 2.40. The molecule has 14 heteroatoms. The van der Waals surface area contributed by atoms with Gasteiger partial charge >= 0.3 is 35.8 Å². The van der Waals surface area contributed by atoms with E-state index >= 15 is 4.39 Å². The second-order valence-corrected chi connectivity index (χ2v) is 16.3. The van der Waals surface area contributed by atoms with E-state index in [9.17, 15) is 28.8 Å². The summed E-state index contributed by atoms with van der Waals surface area (Å²) in [6, 6.07) is 9.12. The molecule has 13 nitrogen and oxygen atoms in total. The molecule has 1 fully saturated rings. The van der Waals surface area contributed by atoms with Crippen LogP contribution in [0.15, 0.2) is 55.1 Å². The summed E-state index contributed by atoms with van der Waals surface area (Å²) in [5, 5.41) is 0. The van der Waals surface area contributed by atoms with Gasteiger partial charge in [-0.2, -0.15) is 0 Å². The van der Waals surface area contributed by atoms with E-state index in [2.05, 4.69) is 20.1 Å². The second-order valence-electron chi connectivity index (χ2n) is 16.3. The fraction of sp³-hybridized carbons (Fsp3) is 0.560. The smallest absolute Gasteiger partial charge is 0.333 e. The van der Waals surface area contributed by atoms with Gasteiger partial charge in [0.2, 0.25) is 0 Å². The third-order valence-corrected chi connectivity index (χ3v) is 11.1. The average Bonchev–Trinajstić information content (AvgIpc) is 3.27. The number of unbranched alkanes of at least 4 members (excludes halogenated alkanes) is 2. The molecule has 0 bridgehead atoms. The van der Waals surface area contributed by atoms with Gasteiger partial charge in [-0.1, -0.05) is 64.8 Å². The number of esters is 6. The molecule has 352 valence electrons. The Labute approximate surface area is 377 Å². The van der Waals surface area contributed by atoms with Crippen LogP contribution in [0.3, 0.4) is 0 Å². The number of aryl methyl sites for hydroxylation is 2. The van der Waals surface area contributed by atoms with Crippen LogP contribution in [-0.2, 0) is 70.0 Å². The van der Waals surface area contributed by atoms with Crippen LogP contribution in [0.25, 0.3) is 11.1 Å². The van der Waals surface area contributed by atoms with Crippen LogP contribution in [0.1, 0.15) is 128 Å². The van der Waals surface area contributed by atoms with Crippen molar-refractivity contribution in [3.63, 3.8) is 0 Å². The van der Waals surface area contributed by atoms with Crippen LogP contribution in [0.4, 0.5) is 4.39 Å². The molecule has 0 amide bonds. The van der Waals surface area contributed by atoms with Crippen LogP contribution in [-0.4, -0.2) is 82.1 Å². The summed E-state index contributed by atoms with van der Waals surface area (Å²) >= 11 is 0. The van der Waals surface area contributed by atoms with Gasteiger partial charge in [-0.05, 0) is 118 Å². The molecule has 1 aliphatic rings. The number of benzene rings is 2. The molecule has 0 heterocycles. The number of hydrogen-bond donors (Lipinski definition) is 0. The Morgan fingerprint density at radius 1 is 0.719 bits per heavy atom. The van der Waals surface area contributed by atoms with Gasteiger partial charge in [0.15, 0.2) is 0 Å². The number of rotatable bonds is 28. The Kier molecular flexibility index (Phi) is 22.8. The van der Waals surface area contributed by atoms with E-state index in [4.69, 9.17) is 33.2 Å². The summed E-state index contributed by atoms with van der Waals surface area (Å²) < 4.78 is 54.3. The number of ether oxygens (including phenoxy) is 7. The van der Waals surface area contributed by atoms with Crippen molar-refractivity contribution < 1.29 is 66.3 Å². The monoisotopic (exact) mass is 894 g/mol. The van der Waals surface area contributed by atoms with Crippen LogP contribution in [0.5, 0.6) is 5.75 Å². The molecule has 2 aromatic carbocycles. The summed E-state index contributed by atoms with van der Waals surface area (Å²) in [5.41, 5.74) is 1.86. The van der Waals surface area contributed by atoms with Crippen molar-refractivity contribution in [3.05, 3.63) is 77.6 Å². The van der Waals surface area contributed by atoms with E-state index in [1.165, 1.54) is 32.6 Å². The molecule has 3 rings (SSSR count). The Morgan fingerprint density at radius 2 is 1.33 bits per heavy atom. The normalized spacial score (nSPS) is 14.7. The summed E-state index contributed by atoms with van der Waals surface area (Å²) in [6.45, 7) is 13.8. The zero-order chi connectivity index (χ0) is 47.1. The lowest BCUT2D eigenvalue weighted by Gasteiger charge is -2.32. The second kappa shape index (κ2) is 27.6. The number of carbonyl (C=O) groups excluding carboxylic acids is 6. The first kappa shape index (κ1) is 52.8. The van der Waals surface area contributed by atoms with E-state index in [1.54, 1.807) is 26.0 Å². The summed E-state index contributed by atoms with van der Waals surface area (Å²) in [5.74, 6) is -3.97. The minimum absolute atomic E-state index is 0.0345. The van der Waals surface area contributed by atoms with Crippen molar-refractivity contribution >= 4 is 35.8 Å². The molecule has 64 heavy (non-hydrogen) atoms. The maximum atomic E-state index is 16.3. The molecule has 0 atom stereocenters. The molecular formula is C50H67FO13. The van der Waals surface area contributed by atoms with Crippen molar-refractivity contribution in [2.75, 3.05) is 46.2 Å². The first-order valence-corrected chi connectivity index (χ1v) is 22.5. The minimum atomic E-state index is -1.61. The lowest BCUT2D eigenvalue weighted by molar-refractivity contribution is -0.166. The fourth-order valence-corrected chi connectivity index (χ4v) is 7.56. The number of hydrogen-bond acceptors (Lipinski definition) is 13. The molecule has 1 aliphatic carbocycles. The van der Waals surface area contributed by atoms with Gasteiger partial charge in [0.25, 0.3) is 0 Å². The largest absolute Gasteiger partial charge is 0.492 e. The standard InChI is InChI=1S/C50H67FO13/c1-8-13-14-16-35-18-20-37(21-19-35)38-22-23-40(42(51)26-38)41-25-39(17-15-24-60-44(52)10-3)43(27-36(41)9-2)61-30-50(33-64-49(57)34(6)7,31-62-47(55)28-45(53)58-11-4)32-63-48(56)29-46(54)59-12-5/h10,22-23,25-27,35,37H,3,6,8-9,11-21,24,28-33H2,1-2,4-5,7H3. The predicted octanol–water partition coefficient (Wildman–Crippen LogP) is 9.05. The SMILES string of the molecule is C=CC(=O)OCCCc1cc(-c2ccc(C3CCC(CCCCC)CC3)cc2F)c(CC)cc1OCC(COC(=O)CC(=O)OCC)(COC(=O)CC(=O)OCC)COC(=O)C(=C)C. The zero-order valence-electron chi connectivity index (χ0n) is 38.4. The van der Waals surface area contributed by atoms with E-state index in [0.717, 1.165) is 48.8 Å². The molecule has 0 N–H and O–H groups in total. The van der Waals surface area contributed by atoms with Crippen molar-refractivity contribution in [1.29, 1.82) is 0 Å². The number of carbonyl (C=O) groups is 6. The zero-order valence-corrected chi connectivity index (χ0v) is 38.4. The highest BCUT2D eigenvalue weighted by atomic mass is 19.1. The van der Waals surface area contributed by atoms with Gasteiger partial charge in [0, 0.05) is 17.2 Å². The van der Waals surface area contributed by atoms with Gasteiger partial charge in [-0.25, -0.2) is 14.0 Å². The highest BCUT2D eigenvalue weighted by Gasteiger charge is 2.38. The summed E-state index contributed by atoms with van der Waals surface area (Å²) in [6.07, 6.45) is 10.1. The molecule has 0 radical (unpaired) electrons. The Balaban J connectivity index is 2.04. The van der Waals surface area contributed by atoms with Gasteiger partial charge in [-0.15, -0.1) is 0 Å². The molecule has 0 spiro atoms. The summed E-state index contributed by atoms with van der Waals surface area (Å²) in [4.78, 5) is 74.5. The third-order valence-electron chi connectivity index (χ3n) is 11.1. The van der Waals surface area contributed by atoms with Crippen molar-refractivity contribution in [2.24, 2.45) is 11.3 Å². The third kappa shape index (κ3) is 17.6. The van der Waals surface area contributed by atoms with Crippen LogP contribution in [0.2, 0.25) is 0 Å². The molecule has 2 aromatic rings. The van der Waals surface area contributed by atoms with E-state index in [0.29, 0.717) is 47.6 Å². The Morgan fingerprint density at radius 3 is 1.88 bits per heavy atom. The number of halogens is 1. The van der Waals surface area contributed by atoms with Crippen molar-refractivity contribution in [3.8, 4) is 16.9 Å². The molecule has 1 saturated carbocycles. The molecular weight excluding hydrogens is 828 g/mol. The summed E-state index contributed by atoms with van der Waals surface area (Å²) in [7, 11) is 0. The molecule has 0 saturated heterocycles. The maximum absolute atomic E-state index is 16.3. The minimum Gasteiger partial charge on any atom is -0.492 e. The first-order chi connectivity index (χ1) is 30.7. The first-order valence-electron chi connectivity index (χ1n) is 22.5. The van der Waals surface area contributed by atoms with Crippen molar-refractivity contribution in [1.82, 2.24) is 0 Å². The Hall–Kier alpha value is -5.53. The van der Waals surface area contributed by atoms with E-state index < -0.39 is 80.5 Å². The lowest BCUT2D eigenvalue weighted by atomic mass is 9.76. The van der Waals surface area contributed by atoms with E-state index in [-0.39, 0.29) is 31.2 Å². The topological polar surface area (TPSA) is 167 Å². The van der Waals surface area contributed by atoms with Crippen LogP contribution < -0.4 is 4.74 Å². The lowest BCUT2D eigenvalue weighted by Crippen LogP contribution is -2.44. The predicted molar refractivity (Wildman–Crippen MR) is 238 cm³/mol. The van der Waals surface area contributed by atoms with Crippen LogP contribution in [0, 0.1) is 17.2 Å². The van der Waals surface area contributed by atoms with Gasteiger partial charge in [0.1, 0.15) is 56.3 Å².